The fourth-order valence-corrected chi connectivity index (χ4v) is 2.65. The van der Waals surface area contributed by atoms with Crippen LogP contribution in [0, 0.1) is 0 Å². The fraction of sp³-hybridized carbons (Fsp3) is 0.667. The molecule has 10 heteroatoms. The molecule has 0 radical (unpaired) electrons. The second-order valence-corrected chi connectivity index (χ2v) is 5.78. The van der Waals surface area contributed by atoms with Gasteiger partial charge in [0.1, 0.15) is 0 Å². The van der Waals surface area contributed by atoms with Gasteiger partial charge in [0.15, 0.2) is 0 Å². The highest BCUT2D eigenvalue weighted by atomic mass is 31.3. The number of carbonyl (C=O) groups excluding carboxylic acids is 1. The van der Waals surface area contributed by atoms with Crippen molar-refractivity contribution in [1.29, 1.82) is 0 Å². The van der Waals surface area contributed by atoms with Crippen molar-refractivity contribution in [2.45, 2.75) is 27.7 Å². The fourth-order valence-electron chi connectivity index (χ4n) is 0.600. The summed E-state index contributed by atoms with van der Waals surface area (Å²) in [7, 11) is -9.40. The van der Waals surface area contributed by atoms with Gasteiger partial charge in [0.05, 0.1) is 6.16 Å². The minimum Gasteiger partial charge on any atom is -0.352 e. The largest absolute Gasteiger partial charge is 0.476 e. The van der Waals surface area contributed by atoms with Gasteiger partial charge < -0.3 is 20.0 Å². The number of hydrogen-bond acceptors (Lipinski definition) is 4. The molecule has 0 spiro atoms. The van der Waals surface area contributed by atoms with Crippen LogP contribution in [0.15, 0.2) is 12.7 Å². The first-order valence-corrected chi connectivity index (χ1v) is 8.94. The van der Waals surface area contributed by atoms with Gasteiger partial charge in [0.2, 0.25) is 5.91 Å². The Bertz CT molecular complexity index is 345. The number of phosphoric acid groups is 1. The molecule has 0 saturated heterocycles. The Kier molecular flexibility index (Phi) is 15.6. The van der Waals surface area contributed by atoms with E-state index >= 15 is 0 Å². The molecule has 0 aliphatic rings. The molecule has 0 aromatic carbocycles. The molecule has 1 unspecified atom stereocenters. The van der Waals surface area contributed by atoms with E-state index < -0.39 is 27.5 Å². The molecule has 0 aromatic heterocycles. The first-order valence-electron chi connectivity index (χ1n) is 5.65. The van der Waals surface area contributed by atoms with Gasteiger partial charge in [-0.05, 0) is 6.08 Å². The smallest absolute Gasteiger partial charge is 0.352 e. The van der Waals surface area contributed by atoms with Gasteiger partial charge >= 0.3 is 15.4 Å². The van der Waals surface area contributed by atoms with Gasteiger partial charge in [-0.15, -0.1) is 0 Å². The van der Waals surface area contributed by atoms with E-state index in [1.807, 2.05) is 27.7 Å². The normalized spacial score (nSPS) is 12.8. The summed E-state index contributed by atoms with van der Waals surface area (Å²) in [5, 5.41) is 2.15. The van der Waals surface area contributed by atoms with Crippen LogP contribution in [0.4, 0.5) is 0 Å². The molecule has 1 atom stereocenters. The van der Waals surface area contributed by atoms with Gasteiger partial charge in [-0.3, -0.25) is 9.36 Å². The van der Waals surface area contributed by atoms with Crippen molar-refractivity contribution in [3.63, 3.8) is 0 Å². The highest BCUT2D eigenvalue weighted by molar-refractivity contribution is 7.63. The molecule has 0 saturated carbocycles. The maximum atomic E-state index is 11.0. The third-order valence-corrected chi connectivity index (χ3v) is 3.77. The molecule has 4 N–H and O–H groups in total. The SMILES string of the molecule is C=CC(=O)NCCP(=O)(O)OP(=O)(O)O.CC.CC.[HH]. The molecule has 8 nitrogen and oxygen atoms in total. The van der Waals surface area contributed by atoms with Crippen molar-refractivity contribution >= 4 is 21.3 Å². The molecule has 0 rings (SSSR count). The zero-order chi connectivity index (χ0) is 16.1. The van der Waals surface area contributed by atoms with Crippen LogP contribution in [0.5, 0.6) is 0 Å². The van der Waals surface area contributed by atoms with Crippen LogP contribution < -0.4 is 5.32 Å². The highest BCUT2D eigenvalue weighted by Crippen LogP contribution is 2.56. The highest BCUT2D eigenvalue weighted by Gasteiger charge is 2.30. The Morgan fingerprint density at radius 1 is 1.26 bits per heavy atom. The molecule has 118 valence electrons. The van der Waals surface area contributed by atoms with Crippen molar-refractivity contribution in [2.24, 2.45) is 0 Å². The summed E-state index contributed by atoms with van der Waals surface area (Å²) in [6.45, 7) is 10.9. The molecule has 0 heterocycles. The van der Waals surface area contributed by atoms with E-state index in [1.54, 1.807) is 0 Å². The lowest BCUT2D eigenvalue weighted by atomic mass is 10.6. The minimum absolute atomic E-state index is 0. The topological polar surface area (TPSA) is 133 Å². The first-order chi connectivity index (χ1) is 8.66. The second-order valence-electron chi connectivity index (χ2n) is 2.43. The lowest BCUT2D eigenvalue weighted by Gasteiger charge is -2.12. The lowest BCUT2D eigenvalue weighted by molar-refractivity contribution is -0.116. The Morgan fingerprint density at radius 3 is 2.00 bits per heavy atom. The first kappa shape index (κ1) is 23.6. The summed E-state index contributed by atoms with van der Waals surface area (Å²) < 4.78 is 24.8. The number of amides is 1. The molecule has 0 aliphatic carbocycles. The Labute approximate surface area is 115 Å². The van der Waals surface area contributed by atoms with Crippen molar-refractivity contribution in [2.75, 3.05) is 12.7 Å². The number of rotatable bonds is 6. The Morgan fingerprint density at radius 2 is 1.68 bits per heavy atom. The summed E-state index contributed by atoms with van der Waals surface area (Å²) in [6.07, 6.45) is 0.351. The maximum Gasteiger partial charge on any atom is 0.476 e. The van der Waals surface area contributed by atoms with Gasteiger partial charge in [-0.25, -0.2) is 8.88 Å². The third kappa shape index (κ3) is 20.0. The quantitative estimate of drug-likeness (QED) is 0.433. The second kappa shape index (κ2) is 12.5. The Balaban J connectivity index is -0.000000233. The van der Waals surface area contributed by atoms with E-state index in [2.05, 4.69) is 16.2 Å². The van der Waals surface area contributed by atoms with Crippen LogP contribution in [-0.2, 0) is 18.2 Å². The predicted octanol–water partition coefficient (Wildman–Crippen LogP) is 1.88. The monoisotopic (exact) mass is 321 g/mol. The van der Waals surface area contributed by atoms with Crippen molar-refractivity contribution in [3.8, 4) is 0 Å². The van der Waals surface area contributed by atoms with Crippen LogP contribution in [0.3, 0.4) is 0 Å². The summed E-state index contributed by atoms with van der Waals surface area (Å²) in [5.74, 6) is -0.564. The standard InChI is InChI=1S/C5H11NO7P2.2C2H6.H2/c1-2-5(7)6-3-4-14(8,9)13-15(10,11)12;2*1-2;/h2H,1,3-4H2,(H,6,7)(H,8,9)(H2,10,11,12);2*1-2H3;1H. The van der Waals surface area contributed by atoms with E-state index in [0.29, 0.717) is 0 Å². The zero-order valence-corrected chi connectivity index (χ0v) is 13.4. The van der Waals surface area contributed by atoms with Gasteiger partial charge in [-0.1, -0.05) is 34.3 Å². The van der Waals surface area contributed by atoms with E-state index in [9.17, 15) is 13.9 Å². The minimum atomic E-state index is -5.00. The van der Waals surface area contributed by atoms with Crippen LogP contribution in [0.2, 0.25) is 0 Å². The molecule has 0 bridgehead atoms. The van der Waals surface area contributed by atoms with E-state index in [0.717, 1.165) is 6.08 Å². The molecule has 0 fully saturated rings. The zero-order valence-electron chi connectivity index (χ0n) is 11.6. The molecular formula is C9H25NO7P2. The summed E-state index contributed by atoms with van der Waals surface area (Å²) >= 11 is 0. The number of hydrogen-bond donors (Lipinski definition) is 4. The van der Waals surface area contributed by atoms with Gasteiger partial charge in [0, 0.05) is 7.97 Å². The maximum absolute atomic E-state index is 11.0. The number of nitrogens with one attached hydrogen (secondary N) is 1. The third-order valence-electron chi connectivity index (χ3n) is 1.11. The number of carbonyl (C=O) groups is 1. The van der Waals surface area contributed by atoms with Crippen molar-refractivity contribution < 1.29 is 34.3 Å². The van der Waals surface area contributed by atoms with Crippen molar-refractivity contribution in [1.82, 2.24) is 5.32 Å². The average molecular weight is 321 g/mol. The van der Waals surface area contributed by atoms with Crippen LogP contribution in [0.25, 0.3) is 0 Å². The predicted molar refractivity (Wildman–Crippen MR) is 75.8 cm³/mol. The van der Waals surface area contributed by atoms with Crippen molar-refractivity contribution in [3.05, 3.63) is 12.7 Å². The summed E-state index contributed by atoms with van der Waals surface area (Å²) in [6, 6.07) is 0. The average Bonchev–Trinajstić information content (AvgIpc) is 2.30. The van der Waals surface area contributed by atoms with Crippen LogP contribution in [-0.4, -0.2) is 33.3 Å². The molecule has 19 heavy (non-hydrogen) atoms. The Hall–Kier alpha value is -0.490. The molecular weight excluding hydrogens is 296 g/mol. The van der Waals surface area contributed by atoms with Gasteiger partial charge in [0.25, 0.3) is 0 Å². The summed E-state index contributed by atoms with van der Waals surface area (Å²) in [5.41, 5.74) is 0. The van der Waals surface area contributed by atoms with Gasteiger partial charge in [-0.2, -0.15) is 0 Å². The van der Waals surface area contributed by atoms with Crippen LogP contribution in [0.1, 0.15) is 29.1 Å². The molecule has 0 aromatic rings. The summed E-state index contributed by atoms with van der Waals surface area (Å²) in [4.78, 5) is 36.0. The van der Waals surface area contributed by atoms with E-state index in [4.69, 9.17) is 14.7 Å². The van der Waals surface area contributed by atoms with E-state index in [-0.39, 0.29) is 7.97 Å². The lowest BCUT2D eigenvalue weighted by Crippen LogP contribution is -2.24. The van der Waals surface area contributed by atoms with E-state index in [1.165, 1.54) is 0 Å². The molecule has 1 amide bonds. The molecule has 0 aliphatic heterocycles. The van der Waals surface area contributed by atoms with Crippen LogP contribution >= 0.6 is 15.4 Å².